The molecule has 0 aromatic heterocycles. The molecule has 3 aromatic carbocycles. The van der Waals surface area contributed by atoms with Crippen LogP contribution < -0.4 is 4.74 Å². The Morgan fingerprint density at radius 2 is 1.62 bits per heavy atom. The number of hydrogen-bond acceptors (Lipinski definition) is 5. The van der Waals surface area contributed by atoms with E-state index in [0.717, 1.165) is 53.6 Å². The maximum Gasteiger partial charge on any atom is 0.261 e. The number of hydrogen-bond donors (Lipinski definition) is 1. The number of aryl methyl sites for hydroxylation is 1. The van der Waals surface area contributed by atoms with Crippen molar-refractivity contribution in [1.29, 1.82) is 0 Å². The minimum atomic E-state index is -0.584. The molecule has 3 aromatic rings. The first-order valence-corrected chi connectivity index (χ1v) is 13.3. The molecule has 0 aliphatic carbocycles. The molecule has 1 saturated heterocycles. The molecule has 5 rings (SSSR count). The quantitative estimate of drug-likeness (QED) is 0.440. The van der Waals surface area contributed by atoms with E-state index < -0.39 is 6.10 Å². The summed E-state index contributed by atoms with van der Waals surface area (Å²) in [6, 6.07) is 17.5. The second-order valence-electron chi connectivity index (χ2n) is 10.8. The van der Waals surface area contributed by atoms with E-state index in [2.05, 4.69) is 30.9 Å². The first-order valence-electron chi connectivity index (χ1n) is 13.3. The molecular weight excluding hydrogens is 464 g/mol. The largest absolute Gasteiger partial charge is 0.491 e. The summed E-state index contributed by atoms with van der Waals surface area (Å²) in [7, 11) is 0. The Morgan fingerprint density at radius 1 is 0.973 bits per heavy atom. The fourth-order valence-corrected chi connectivity index (χ4v) is 5.64. The Hall–Kier alpha value is -3.22. The molecule has 0 radical (unpaired) electrons. The Labute approximate surface area is 218 Å². The van der Waals surface area contributed by atoms with Gasteiger partial charge in [-0.3, -0.25) is 14.5 Å². The Morgan fingerprint density at radius 3 is 2.24 bits per heavy atom. The highest BCUT2D eigenvalue weighted by molar-refractivity contribution is 6.25. The van der Waals surface area contributed by atoms with Crippen LogP contribution in [0.1, 0.15) is 64.4 Å². The number of likely N-dealkylation sites (tertiary alicyclic amines) is 1. The fourth-order valence-electron chi connectivity index (χ4n) is 5.64. The fraction of sp³-hybridized carbons (Fsp3) is 0.419. The number of imide groups is 1. The molecular formula is C31H36N2O4. The molecule has 0 bridgehead atoms. The van der Waals surface area contributed by atoms with Crippen molar-refractivity contribution >= 4 is 22.6 Å². The van der Waals surface area contributed by atoms with E-state index in [9.17, 15) is 14.7 Å². The lowest BCUT2D eigenvalue weighted by molar-refractivity contribution is 0.0452. The summed E-state index contributed by atoms with van der Waals surface area (Å²) < 4.78 is 6.02. The maximum absolute atomic E-state index is 13.2. The lowest BCUT2D eigenvalue weighted by Crippen LogP contribution is -2.46. The highest BCUT2D eigenvalue weighted by Gasteiger charge is 2.35. The number of nitrogens with zero attached hydrogens (tertiary/aromatic N) is 2. The number of carbonyl (C=O) groups is 2. The van der Waals surface area contributed by atoms with Gasteiger partial charge in [-0.05, 0) is 79.4 Å². The third-order valence-corrected chi connectivity index (χ3v) is 7.69. The second kappa shape index (κ2) is 10.6. The van der Waals surface area contributed by atoms with Crippen LogP contribution in [-0.4, -0.2) is 65.6 Å². The minimum Gasteiger partial charge on any atom is -0.491 e. The van der Waals surface area contributed by atoms with Crippen molar-refractivity contribution in [3.8, 4) is 5.75 Å². The van der Waals surface area contributed by atoms with E-state index in [-0.39, 0.29) is 24.3 Å². The predicted octanol–water partition coefficient (Wildman–Crippen LogP) is 5.02. The van der Waals surface area contributed by atoms with Crippen molar-refractivity contribution in [2.45, 2.75) is 45.6 Å². The van der Waals surface area contributed by atoms with Gasteiger partial charge in [-0.1, -0.05) is 50.2 Å². The molecule has 0 spiro atoms. The molecule has 2 aliphatic heterocycles. The molecule has 0 unspecified atom stereocenters. The Kier molecular flexibility index (Phi) is 7.31. The zero-order chi connectivity index (χ0) is 26.1. The average Bonchev–Trinajstić information content (AvgIpc) is 2.89. The highest BCUT2D eigenvalue weighted by Crippen LogP contribution is 2.32. The lowest BCUT2D eigenvalue weighted by atomic mass is 9.91. The minimum absolute atomic E-state index is 0.193. The monoisotopic (exact) mass is 500 g/mol. The normalized spacial score (nSPS) is 17.6. The SMILES string of the molecule is Cc1ccc(C(C)C)c(OC[C@H](O)CN2CCC(CN3C(=O)c4cccc5cccc(c45)C3=O)CC2)c1. The summed E-state index contributed by atoms with van der Waals surface area (Å²) in [5.41, 5.74) is 3.52. The van der Waals surface area contributed by atoms with E-state index >= 15 is 0 Å². The van der Waals surface area contributed by atoms with Crippen LogP contribution in [0, 0.1) is 12.8 Å². The van der Waals surface area contributed by atoms with E-state index in [1.165, 1.54) is 4.90 Å². The van der Waals surface area contributed by atoms with Crippen LogP contribution >= 0.6 is 0 Å². The number of β-amino-alcohol motifs (C(OH)–C–C–N with tert-alkyl or cyclic N) is 1. The van der Waals surface area contributed by atoms with Crippen LogP contribution in [0.4, 0.5) is 0 Å². The topological polar surface area (TPSA) is 70.1 Å². The van der Waals surface area contributed by atoms with E-state index in [4.69, 9.17) is 4.74 Å². The third-order valence-electron chi connectivity index (χ3n) is 7.69. The molecule has 2 amide bonds. The molecule has 0 saturated carbocycles. The van der Waals surface area contributed by atoms with Crippen molar-refractivity contribution in [3.05, 3.63) is 76.9 Å². The van der Waals surface area contributed by atoms with Gasteiger partial charge in [0.05, 0.1) is 0 Å². The van der Waals surface area contributed by atoms with Gasteiger partial charge in [0.15, 0.2) is 0 Å². The molecule has 2 aliphatic rings. The molecule has 1 N–H and O–H groups in total. The van der Waals surface area contributed by atoms with Crippen molar-refractivity contribution in [2.75, 3.05) is 32.8 Å². The Bertz CT molecular complexity index is 1260. The van der Waals surface area contributed by atoms with E-state index in [1.807, 2.05) is 49.4 Å². The van der Waals surface area contributed by atoms with Crippen molar-refractivity contribution < 1.29 is 19.4 Å². The molecule has 1 fully saturated rings. The predicted molar refractivity (Wildman–Crippen MR) is 145 cm³/mol. The number of carbonyl (C=O) groups excluding carboxylic acids is 2. The van der Waals surface area contributed by atoms with Crippen LogP contribution in [0.5, 0.6) is 5.75 Å². The summed E-state index contributed by atoms with van der Waals surface area (Å²) in [6.45, 7) is 9.22. The smallest absolute Gasteiger partial charge is 0.261 e. The average molecular weight is 501 g/mol. The van der Waals surface area contributed by atoms with Gasteiger partial charge in [-0.25, -0.2) is 0 Å². The zero-order valence-corrected chi connectivity index (χ0v) is 21.9. The van der Waals surface area contributed by atoms with Gasteiger partial charge in [0, 0.05) is 29.6 Å². The summed E-state index contributed by atoms with van der Waals surface area (Å²) >= 11 is 0. The Balaban J connectivity index is 1.14. The number of rotatable bonds is 8. The molecule has 6 nitrogen and oxygen atoms in total. The number of amides is 2. The second-order valence-corrected chi connectivity index (χ2v) is 10.8. The standard InChI is InChI=1S/C31H36N2O4/c1-20(2)25-11-10-21(3)16-28(25)37-19-24(34)18-32-14-12-22(13-15-32)17-33-30(35)26-8-4-6-23-7-5-9-27(29(23)26)31(33)36/h4-11,16,20,22,24,34H,12-15,17-19H2,1-3H3/t24-/m1/s1. The van der Waals surface area contributed by atoms with Gasteiger partial charge in [-0.2, -0.15) is 0 Å². The molecule has 37 heavy (non-hydrogen) atoms. The van der Waals surface area contributed by atoms with Gasteiger partial charge in [-0.15, -0.1) is 0 Å². The van der Waals surface area contributed by atoms with E-state index in [0.29, 0.717) is 30.1 Å². The third kappa shape index (κ3) is 5.27. The molecule has 194 valence electrons. The first-order chi connectivity index (χ1) is 17.8. The molecule has 1 atom stereocenters. The van der Waals surface area contributed by atoms with Crippen molar-refractivity contribution in [1.82, 2.24) is 9.80 Å². The highest BCUT2D eigenvalue weighted by atomic mass is 16.5. The summed E-state index contributed by atoms with van der Waals surface area (Å²) in [4.78, 5) is 30.1. The van der Waals surface area contributed by atoms with Gasteiger partial charge >= 0.3 is 0 Å². The van der Waals surface area contributed by atoms with Crippen LogP contribution in [-0.2, 0) is 0 Å². The van der Waals surface area contributed by atoms with Gasteiger partial charge in [0.1, 0.15) is 18.5 Å². The van der Waals surface area contributed by atoms with Crippen LogP contribution in [0.2, 0.25) is 0 Å². The first kappa shape index (κ1) is 25.4. The molecule has 2 heterocycles. The van der Waals surface area contributed by atoms with Gasteiger partial charge < -0.3 is 14.7 Å². The number of benzene rings is 3. The summed E-state index contributed by atoms with van der Waals surface area (Å²) in [5, 5.41) is 12.4. The number of piperidine rings is 1. The lowest BCUT2D eigenvalue weighted by Gasteiger charge is -2.36. The summed E-state index contributed by atoms with van der Waals surface area (Å²) in [6.07, 6.45) is 1.18. The van der Waals surface area contributed by atoms with Crippen molar-refractivity contribution in [3.63, 3.8) is 0 Å². The van der Waals surface area contributed by atoms with Crippen molar-refractivity contribution in [2.24, 2.45) is 5.92 Å². The van der Waals surface area contributed by atoms with Crippen LogP contribution in [0.25, 0.3) is 10.8 Å². The zero-order valence-electron chi connectivity index (χ0n) is 21.9. The number of ether oxygens (including phenoxy) is 1. The van der Waals surface area contributed by atoms with Gasteiger partial charge in [0.2, 0.25) is 0 Å². The maximum atomic E-state index is 13.2. The summed E-state index contributed by atoms with van der Waals surface area (Å²) in [5.74, 6) is 1.07. The number of aliphatic hydroxyl groups excluding tert-OH is 1. The van der Waals surface area contributed by atoms with Gasteiger partial charge in [0.25, 0.3) is 11.8 Å². The number of aliphatic hydroxyl groups is 1. The van der Waals surface area contributed by atoms with Crippen LogP contribution in [0.15, 0.2) is 54.6 Å². The van der Waals surface area contributed by atoms with E-state index in [1.54, 1.807) is 0 Å². The molecule has 6 heteroatoms. The van der Waals surface area contributed by atoms with Crippen LogP contribution in [0.3, 0.4) is 0 Å².